The Morgan fingerprint density at radius 3 is 2.62 bits per heavy atom. The van der Waals surface area contributed by atoms with Crippen LogP contribution >= 0.6 is 23.2 Å². The van der Waals surface area contributed by atoms with E-state index in [1.165, 1.54) is 12.1 Å². The molecule has 0 atom stereocenters. The minimum Gasteiger partial charge on any atom is -0.367 e. The van der Waals surface area contributed by atoms with Crippen molar-refractivity contribution < 1.29 is 8.91 Å². The molecular formula is C15H9Cl2FN2O. The molecule has 21 heavy (non-hydrogen) atoms. The molecule has 0 radical (unpaired) electrons. The lowest BCUT2D eigenvalue weighted by molar-refractivity contribution is 0.439. The minimum atomic E-state index is -0.378. The number of aromatic nitrogens is 1. The first-order valence-corrected chi connectivity index (χ1v) is 6.79. The van der Waals surface area contributed by atoms with E-state index in [2.05, 4.69) is 5.16 Å². The van der Waals surface area contributed by atoms with Gasteiger partial charge < -0.3 is 10.3 Å². The molecule has 3 rings (SSSR count). The molecule has 0 saturated heterocycles. The first-order chi connectivity index (χ1) is 10.1. The smallest absolute Gasteiger partial charge is 0.230 e. The number of anilines is 1. The number of nitrogen functional groups attached to an aromatic ring is 1. The van der Waals surface area contributed by atoms with E-state index in [1.54, 1.807) is 30.3 Å². The Kier molecular flexibility index (Phi) is 3.57. The number of nitrogens with two attached hydrogens (primary N) is 1. The van der Waals surface area contributed by atoms with Crippen molar-refractivity contribution in [3.8, 4) is 22.4 Å². The number of benzene rings is 2. The molecule has 2 N–H and O–H groups in total. The van der Waals surface area contributed by atoms with E-state index in [0.29, 0.717) is 32.4 Å². The fraction of sp³-hybridized carbons (Fsp3) is 0. The number of rotatable bonds is 2. The molecule has 3 nitrogen and oxygen atoms in total. The molecule has 0 amide bonds. The van der Waals surface area contributed by atoms with Crippen molar-refractivity contribution in [2.45, 2.75) is 0 Å². The van der Waals surface area contributed by atoms with Gasteiger partial charge in [0.1, 0.15) is 11.5 Å². The summed E-state index contributed by atoms with van der Waals surface area (Å²) in [4.78, 5) is 0. The second-order valence-corrected chi connectivity index (χ2v) is 5.17. The van der Waals surface area contributed by atoms with E-state index in [1.807, 2.05) is 0 Å². The van der Waals surface area contributed by atoms with Gasteiger partial charge in [-0.05, 0) is 23.8 Å². The van der Waals surface area contributed by atoms with Crippen LogP contribution < -0.4 is 5.73 Å². The molecule has 0 bridgehead atoms. The normalized spacial score (nSPS) is 10.8. The van der Waals surface area contributed by atoms with Crippen LogP contribution in [0.15, 0.2) is 47.0 Å². The predicted molar refractivity (Wildman–Crippen MR) is 81.8 cm³/mol. The van der Waals surface area contributed by atoms with Crippen molar-refractivity contribution in [2.24, 2.45) is 0 Å². The standard InChI is InChI=1S/C15H9Cl2FN2O/c16-11-6-2-5-10(13(11)17)14-12(15(19)21-20-14)8-3-1-4-9(18)7-8/h1-7H,19H2. The van der Waals surface area contributed by atoms with Gasteiger partial charge in [0.2, 0.25) is 5.88 Å². The SMILES string of the molecule is Nc1onc(-c2cccc(Cl)c2Cl)c1-c1cccc(F)c1. The van der Waals surface area contributed by atoms with Gasteiger partial charge in [-0.3, -0.25) is 0 Å². The van der Waals surface area contributed by atoms with Crippen LogP contribution in [0.5, 0.6) is 0 Å². The van der Waals surface area contributed by atoms with Gasteiger partial charge >= 0.3 is 0 Å². The maximum absolute atomic E-state index is 13.4. The zero-order valence-electron chi connectivity index (χ0n) is 10.6. The van der Waals surface area contributed by atoms with Crippen LogP contribution in [0.4, 0.5) is 10.3 Å². The van der Waals surface area contributed by atoms with Crippen LogP contribution in [0.1, 0.15) is 0 Å². The second kappa shape index (κ2) is 5.39. The van der Waals surface area contributed by atoms with E-state index >= 15 is 0 Å². The predicted octanol–water partition coefficient (Wildman–Crippen LogP) is 5.04. The van der Waals surface area contributed by atoms with Crippen LogP contribution in [-0.4, -0.2) is 5.16 Å². The molecule has 0 aliphatic carbocycles. The van der Waals surface area contributed by atoms with Crippen LogP contribution in [-0.2, 0) is 0 Å². The lowest BCUT2D eigenvalue weighted by atomic mass is 10.0. The summed E-state index contributed by atoms with van der Waals surface area (Å²) < 4.78 is 18.5. The summed E-state index contributed by atoms with van der Waals surface area (Å²) in [5, 5.41) is 4.66. The van der Waals surface area contributed by atoms with Gasteiger partial charge in [0, 0.05) is 5.56 Å². The van der Waals surface area contributed by atoms with Gasteiger partial charge in [0.15, 0.2) is 0 Å². The molecule has 0 aliphatic heterocycles. The Morgan fingerprint density at radius 1 is 1.10 bits per heavy atom. The van der Waals surface area contributed by atoms with E-state index in [9.17, 15) is 4.39 Å². The van der Waals surface area contributed by atoms with Crippen molar-refractivity contribution in [3.63, 3.8) is 0 Å². The average Bonchev–Trinajstić information content (AvgIpc) is 2.83. The number of hydrogen-bond donors (Lipinski definition) is 1. The summed E-state index contributed by atoms with van der Waals surface area (Å²) in [6.45, 7) is 0. The highest BCUT2D eigenvalue weighted by Gasteiger charge is 2.20. The van der Waals surface area contributed by atoms with E-state index in [4.69, 9.17) is 33.5 Å². The van der Waals surface area contributed by atoms with Gasteiger partial charge in [0.05, 0.1) is 15.6 Å². The lowest BCUT2D eigenvalue weighted by Crippen LogP contribution is -1.89. The Morgan fingerprint density at radius 2 is 1.86 bits per heavy atom. The molecule has 1 aromatic heterocycles. The monoisotopic (exact) mass is 322 g/mol. The van der Waals surface area contributed by atoms with E-state index in [0.717, 1.165) is 0 Å². The molecule has 0 saturated carbocycles. The van der Waals surface area contributed by atoms with Crippen molar-refractivity contribution in [1.82, 2.24) is 5.16 Å². The van der Waals surface area contributed by atoms with E-state index < -0.39 is 0 Å². The molecule has 0 aliphatic rings. The van der Waals surface area contributed by atoms with Crippen LogP contribution in [0.25, 0.3) is 22.4 Å². The Balaban J connectivity index is 2.24. The second-order valence-electron chi connectivity index (χ2n) is 4.38. The molecule has 1 heterocycles. The highest BCUT2D eigenvalue weighted by atomic mass is 35.5. The maximum Gasteiger partial charge on any atom is 0.230 e. The third-order valence-electron chi connectivity index (χ3n) is 3.04. The van der Waals surface area contributed by atoms with Crippen molar-refractivity contribution in [1.29, 1.82) is 0 Å². The summed E-state index contributed by atoms with van der Waals surface area (Å²) >= 11 is 12.2. The average molecular weight is 323 g/mol. The first kappa shape index (κ1) is 13.9. The van der Waals surface area contributed by atoms with Gasteiger partial charge in [0.25, 0.3) is 0 Å². The molecule has 0 spiro atoms. The van der Waals surface area contributed by atoms with Crippen molar-refractivity contribution in [2.75, 3.05) is 5.73 Å². The van der Waals surface area contributed by atoms with Crippen molar-refractivity contribution >= 4 is 29.1 Å². The molecule has 0 fully saturated rings. The summed E-state index contributed by atoms with van der Waals surface area (Å²) in [7, 11) is 0. The Labute approximate surface area is 130 Å². The quantitative estimate of drug-likeness (QED) is 0.719. The van der Waals surface area contributed by atoms with E-state index in [-0.39, 0.29) is 11.7 Å². The molecule has 106 valence electrons. The summed E-state index contributed by atoms with van der Waals surface area (Å²) in [5.41, 5.74) is 7.86. The third-order valence-corrected chi connectivity index (χ3v) is 3.86. The first-order valence-electron chi connectivity index (χ1n) is 6.03. The topological polar surface area (TPSA) is 52.0 Å². The Bertz CT molecular complexity index is 817. The number of hydrogen-bond acceptors (Lipinski definition) is 3. The Hall–Kier alpha value is -2.04. The number of nitrogens with zero attached hydrogens (tertiary/aromatic N) is 1. The molecule has 2 aromatic carbocycles. The fourth-order valence-electron chi connectivity index (χ4n) is 2.10. The van der Waals surface area contributed by atoms with Crippen LogP contribution in [0.3, 0.4) is 0 Å². The fourth-order valence-corrected chi connectivity index (χ4v) is 2.49. The van der Waals surface area contributed by atoms with Crippen LogP contribution in [0, 0.1) is 5.82 Å². The zero-order valence-corrected chi connectivity index (χ0v) is 12.1. The minimum absolute atomic E-state index is 0.0895. The van der Waals surface area contributed by atoms with Gasteiger partial charge in [-0.15, -0.1) is 0 Å². The van der Waals surface area contributed by atoms with Crippen molar-refractivity contribution in [3.05, 3.63) is 58.3 Å². The largest absolute Gasteiger partial charge is 0.367 e. The highest BCUT2D eigenvalue weighted by Crippen LogP contribution is 2.40. The summed E-state index contributed by atoms with van der Waals surface area (Å²) in [5.74, 6) is -0.289. The number of halogens is 3. The lowest BCUT2D eigenvalue weighted by Gasteiger charge is -2.06. The highest BCUT2D eigenvalue weighted by molar-refractivity contribution is 6.43. The van der Waals surface area contributed by atoms with Gasteiger partial charge in [-0.1, -0.05) is 52.6 Å². The van der Waals surface area contributed by atoms with Gasteiger partial charge in [-0.2, -0.15) is 0 Å². The van der Waals surface area contributed by atoms with Gasteiger partial charge in [-0.25, -0.2) is 4.39 Å². The summed E-state index contributed by atoms with van der Waals surface area (Å²) in [6, 6.07) is 11.1. The molecule has 3 aromatic rings. The summed E-state index contributed by atoms with van der Waals surface area (Å²) in [6.07, 6.45) is 0. The third kappa shape index (κ3) is 2.48. The molecule has 0 unspecified atom stereocenters. The zero-order chi connectivity index (χ0) is 15.0. The maximum atomic E-state index is 13.4. The van der Waals surface area contributed by atoms with Crippen LogP contribution in [0.2, 0.25) is 10.0 Å². The molecular weight excluding hydrogens is 314 g/mol. The molecule has 6 heteroatoms.